The molecule has 10 rings (SSSR count). The zero-order valence-corrected chi connectivity index (χ0v) is 65.3. The molecule has 0 aliphatic heterocycles. The van der Waals surface area contributed by atoms with Crippen molar-refractivity contribution >= 4 is 71.5 Å². The second kappa shape index (κ2) is 28.0. The van der Waals surface area contributed by atoms with Gasteiger partial charge in [0.25, 0.3) is 0 Å². The zero-order valence-electron chi connectivity index (χ0n) is 61.2. The Balaban J connectivity index is 0.838. The molecule has 0 saturated heterocycles. The molecule has 0 bridgehead atoms. The first-order chi connectivity index (χ1) is 48.0. The third-order valence-electron chi connectivity index (χ3n) is 20.5. The molecule has 4 aliphatic rings. The highest BCUT2D eigenvalue weighted by Crippen LogP contribution is 2.67. The molecule has 4 aliphatic carbocycles. The number of aryl methyl sites for hydroxylation is 2. The van der Waals surface area contributed by atoms with Gasteiger partial charge >= 0.3 is 0 Å². The van der Waals surface area contributed by atoms with Crippen LogP contribution in [0.25, 0.3) is 44.6 Å². The summed E-state index contributed by atoms with van der Waals surface area (Å²) in [6.07, 6.45) is 19.9. The lowest BCUT2D eigenvalue weighted by molar-refractivity contribution is -0.0641. The molecule has 0 amide bonds. The van der Waals surface area contributed by atoms with Crippen LogP contribution in [-0.2, 0) is 54.3 Å². The van der Waals surface area contributed by atoms with Gasteiger partial charge in [-0.25, -0.2) is 0 Å². The van der Waals surface area contributed by atoms with Gasteiger partial charge in [0.2, 0.25) is 71.9 Å². The molecule has 28 nitrogen and oxygen atoms in total. The number of benzene rings is 4. The highest BCUT2D eigenvalue weighted by atomic mass is 32.3. The molecule has 10 N–H and O–H groups in total. The van der Waals surface area contributed by atoms with Crippen molar-refractivity contribution in [1.29, 1.82) is 0 Å². The molecule has 8 atom stereocenters. The average molecular weight is 1580 g/mol. The number of hydrogen-bond donors (Lipinski definition) is 10. The summed E-state index contributed by atoms with van der Waals surface area (Å²) in [4.78, 5) is 29.4. The van der Waals surface area contributed by atoms with Gasteiger partial charge in [0.05, 0.1) is 57.2 Å². The molecular formula is C72H102O28S5. The van der Waals surface area contributed by atoms with Gasteiger partial charge < -0.3 is 48.7 Å². The summed E-state index contributed by atoms with van der Waals surface area (Å²) in [7, 11) is -29.7. The van der Waals surface area contributed by atoms with Crippen LogP contribution in [-0.4, -0.2) is 130 Å². The minimum absolute atomic E-state index is 0.00633. The largest absolute Gasteiger partial charge is 0.493 e. The molecule has 0 spiro atoms. The van der Waals surface area contributed by atoms with Crippen LogP contribution in [0.1, 0.15) is 142 Å². The molecule has 2 aromatic heterocycles. The SMILES string of the molecule is Cc1cc(OCCCOc2cc(OS(C)(=O)(O)O)cc3oc(-c4ccc(C)c(OS(C)(=O)(O)O)c4)c(OS(C)(=O)(O)O)c(=O)c23)c2c(=O)c(OS(C)(=O)(O)O)c(-c3ccc(OS(C)(=O)(O)O)c(OCCCCCOC4CC[C@@]5(C)C(=CC[C@H]6[C@@H]7CC[C@H]([C@H](C)CCCC(C)C)[C@@]7(C)CC[C@@H]65)C4)c3)oc2c1. The highest BCUT2D eigenvalue weighted by molar-refractivity contribution is 8.06. The molecule has 588 valence electrons. The zero-order chi connectivity index (χ0) is 77.4. The van der Waals surface area contributed by atoms with E-state index < -0.39 is 124 Å². The van der Waals surface area contributed by atoms with E-state index in [1.54, 1.807) is 12.5 Å². The molecule has 6 aromatic rings. The predicted molar refractivity (Wildman–Crippen MR) is 403 cm³/mol. The van der Waals surface area contributed by atoms with E-state index in [0.717, 1.165) is 79.5 Å². The van der Waals surface area contributed by atoms with Crippen molar-refractivity contribution in [2.45, 2.75) is 151 Å². The second-order valence-corrected chi connectivity index (χ2v) is 43.2. The fourth-order valence-electron chi connectivity index (χ4n) is 16.2. The van der Waals surface area contributed by atoms with Crippen molar-refractivity contribution in [2.75, 3.05) is 57.7 Å². The summed E-state index contributed by atoms with van der Waals surface area (Å²) < 4.78 is 230. The van der Waals surface area contributed by atoms with Crippen LogP contribution in [0.2, 0.25) is 0 Å². The maximum absolute atomic E-state index is 14.8. The van der Waals surface area contributed by atoms with E-state index in [4.69, 9.17) is 48.7 Å². The van der Waals surface area contributed by atoms with Crippen molar-refractivity contribution in [3.8, 4) is 68.6 Å². The molecule has 105 heavy (non-hydrogen) atoms. The van der Waals surface area contributed by atoms with Crippen molar-refractivity contribution in [2.24, 2.45) is 46.3 Å². The Morgan fingerprint density at radius 3 is 1.62 bits per heavy atom. The number of unbranched alkanes of at least 4 members (excludes halogenated alkanes) is 2. The summed E-state index contributed by atoms with van der Waals surface area (Å²) in [5, 5.41) is -1.02. The van der Waals surface area contributed by atoms with E-state index in [2.05, 4.69) is 40.7 Å². The van der Waals surface area contributed by atoms with Crippen molar-refractivity contribution in [3.63, 3.8) is 0 Å². The molecule has 4 aromatic carbocycles. The van der Waals surface area contributed by atoms with Gasteiger partial charge in [-0.05, 0) is 178 Å². The normalized spacial score (nSPS) is 23.7. The van der Waals surface area contributed by atoms with Crippen molar-refractivity contribution in [3.05, 3.63) is 104 Å². The van der Waals surface area contributed by atoms with Crippen LogP contribution in [0.5, 0.6) is 46.0 Å². The quantitative estimate of drug-likeness (QED) is 0.0143. The van der Waals surface area contributed by atoms with Gasteiger partial charge in [-0.3, -0.25) is 55.1 Å². The Hall–Kier alpha value is -6.25. The molecular weight excluding hydrogens is 1470 g/mol. The number of hydrogen-bond acceptors (Lipinski definition) is 18. The smallest absolute Gasteiger partial charge is 0.240 e. The molecule has 33 heteroatoms. The Bertz CT molecular complexity index is 4830. The van der Waals surface area contributed by atoms with E-state index in [9.17, 15) is 76.2 Å². The van der Waals surface area contributed by atoms with E-state index >= 15 is 0 Å². The lowest BCUT2D eigenvalue weighted by Crippen LogP contribution is -2.51. The molecule has 3 saturated carbocycles. The number of fused-ring (bicyclic) bond motifs is 7. The monoisotopic (exact) mass is 1570 g/mol. The van der Waals surface area contributed by atoms with Crippen LogP contribution in [0.15, 0.2) is 90.7 Å². The van der Waals surface area contributed by atoms with Crippen molar-refractivity contribution in [1.82, 2.24) is 0 Å². The number of ether oxygens (including phenoxy) is 4. The first-order valence-corrected chi connectivity index (χ1v) is 46.0. The van der Waals surface area contributed by atoms with Crippen LogP contribution in [0, 0.1) is 60.2 Å². The number of allylic oxidation sites excluding steroid dienone is 1. The standard InChI is InChI=1S/C72H102O28S5/c1-43(2)18-16-19-45(4)53-25-26-54-52-24-23-49-40-50(28-30-71(49,6)55(52)29-31-72(53,54)7)90-32-14-13-15-33-91-58-39-48(22-27-56(58)97-102(9,78,79)80)68-69(99-104(11,84,85)86)65(73)63-59(36-44(3)37-61(63)94-68)92-34-17-35-93-60-41-51(96-101(8,75,76)77)42-62-64(60)66(74)70(100-105(12,87,88)89)67(95-62)47-21-20-46(5)57(38-47)98-103(10,81,82)83/h20-23,27,36-39,41-43,45,50,52-55H,13-19,24-26,28-35,40H2,1-12H3,(H2,75,76,77)(H2,78,79,80)(H2,81,82,83)(H2,84,85,86)(H2,87,88,89)/t45-,50?,52+,53-,54+,55+,71+,72-/m1/s1. The molecule has 1 unspecified atom stereocenters. The fraction of sp³-hybridized carbons (Fsp3) is 0.556. The van der Waals surface area contributed by atoms with Crippen molar-refractivity contribution < 1.29 is 115 Å². The first kappa shape index (κ1) is 81.3. The second-order valence-electron chi connectivity index (χ2n) is 30.9. The summed E-state index contributed by atoms with van der Waals surface area (Å²) >= 11 is 0. The Morgan fingerprint density at radius 2 is 1.04 bits per heavy atom. The Kier molecular flexibility index (Phi) is 21.7. The van der Waals surface area contributed by atoms with Gasteiger partial charge in [-0.15, -0.1) is 0 Å². The molecule has 3 fully saturated rings. The van der Waals surface area contributed by atoms with Gasteiger partial charge in [0, 0.05) is 36.3 Å². The maximum atomic E-state index is 14.8. The van der Waals surface area contributed by atoms with E-state index in [1.165, 1.54) is 88.3 Å². The molecule has 0 radical (unpaired) electrons. The van der Waals surface area contributed by atoms with Crippen LogP contribution in [0.4, 0.5) is 0 Å². The van der Waals surface area contributed by atoms with Gasteiger partial charge in [-0.2, -0.15) is 21.0 Å². The lowest BCUT2D eigenvalue weighted by atomic mass is 9.47. The summed E-state index contributed by atoms with van der Waals surface area (Å²) in [6, 6.07) is 11.5. The van der Waals surface area contributed by atoms with Crippen LogP contribution < -0.4 is 46.0 Å². The van der Waals surface area contributed by atoms with E-state index in [1.807, 2.05) is 0 Å². The fourth-order valence-corrected chi connectivity index (χ4v) is 18.9. The summed E-state index contributed by atoms with van der Waals surface area (Å²) in [6.45, 7) is 15.0. The van der Waals surface area contributed by atoms with Gasteiger partial charge in [0.1, 0.15) is 44.9 Å². The van der Waals surface area contributed by atoms with Gasteiger partial charge in [-0.1, -0.05) is 77.7 Å². The minimum Gasteiger partial charge on any atom is -0.493 e. The third-order valence-corrected chi connectivity index (χ3v) is 23.3. The first-order valence-electron chi connectivity index (χ1n) is 34.9. The topological polar surface area (TPSA) is 431 Å². The minimum atomic E-state index is -6.17. The number of rotatable bonds is 31. The lowest BCUT2D eigenvalue weighted by Gasteiger charge is -2.58. The average Bonchev–Trinajstić information content (AvgIpc) is 1.72. The predicted octanol–water partition coefficient (Wildman–Crippen LogP) is 15.1. The highest BCUT2D eigenvalue weighted by Gasteiger charge is 2.59. The van der Waals surface area contributed by atoms with E-state index in [-0.39, 0.29) is 70.3 Å². The maximum Gasteiger partial charge on any atom is 0.240 e. The third kappa shape index (κ3) is 20.8. The van der Waals surface area contributed by atoms with Crippen LogP contribution in [0.3, 0.4) is 0 Å². The van der Waals surface area contributed by atoms with Gasteiger partial charge in [0.15, 0.2) is 23.0 Å². The molecule has 2 heterocycles. The Morgan fingerprint density at radius 1 is 0.514 bits per heavy atom. The van der Waals surface area contributed by atoms with E-state index in [0.29, 0.717) is 74.0 Å². The summed E-state index contributed by atoms with van der Waals surface area (Å²) in [5.41, 5.74) is -0.984. The van der Waals surface area contributed by atoms with Crippen LogP contribution >= 0.6 is 0 Å². The Labute approximate surface area is 610 Å². The summed E-state index contributed by atoms with van der Waals surface area (Å²) in [5.74, 6) is -1.56.